The molecule has 0 aliphatic carbocycles. The summed E-state index contributed by atoms with van der Waals surface area (Å²) >= 11 is 1.64. The Kier molecular flexibility index (Phi) is 5.97. The van der Waals surface area contributed by atoms with E-state index in [-0.39, 0.29) is 12.5 Å². The number of para-hydroxylation sites is 1. The molecule has 1 aromatic carbocycles. The molecule has 0 atom stereocenters. The van der Waals surface area contributed by atoms with Crippen molar-refractivity contribution in [3.05, 3.63) is 52.2 Å². The largest absolute Gasteiger partial charge is 0.496 e. The Morgan fingerprint density at radius 3 is 2.73 bits per heavy atom. The monoisotopic (exact) mass is 319 g/mol. The average molecular weight is 319 g/mol. The highest BCUT2D eigenvalue weighted by Crippen LogP contribution is 2.17. The summed E-state index contributed by atoms with van der Waals surface area (Å²) in [5.74, 6) is -0.476. The zero-order chi connectivity index (χ0) is 15.8. The van der Waals surface area contributed by atoms with Crippen LogP contribution in [0.3, 0.4) is 0 Å². The molecule has 22 heavy (non-hydrogen) atoms. The second kappa shape index (κ2) is 8.19. The Balaban J connectivity index is 1.74. The molecule has 6 heteroatoms. The van der Waals surface area contributed by atoms with Gasteiger partial charge in [-0.25, -0.2) is 4.79 Å². The van der Waals surface area contributed by atoms with Crippen LogP contribution in [0, 0.1) is 0 Å². The van der Waals surface area contributed by atoms with E-state index >= 15 is 0 Å². The first-order chi connectivity index (χ1) is 10.7. The Morgan fingerprint density at radius 1 is 1.18 bits per heavy atom. The predicted octanol–water partition coefficient (Wildman–Crippen LogP) is 2.27. The van der Waals surface area contributed by atoms with Crippen molar-refractivity contribution in [1.82, 2.24) is 5.32 Å². The Hall–Kier alpha value is -2.34. The summed E-state index contributed by atoms with van der Waals surface area (Å²) in [6, 6.07) is 10.7. The number of carbonyl (C=O) groups excluding carboxylic acids is 2. The van der Waals surface area contributed by atoms with Crippen molar-refractivity contribution in [1.29, 1.82) is 0 Å². The predicted molar refractivity (Wildman–Crippen MR) is 84.3 cm³/mol. The van der Waals surface area contributed by atoms with Crippen molar-refractivity contribution < 1.29 is 19.1 Å². The highest BCUT2D eigenvalue weighted by molar-refractivity contribution is 7.09. The number of ether oxygens (including phenoxy) is 2. The molecule has 1 N–H and O–H groups in total. The van der Waals surface area contributed by atoms with Gasteiger partial charge in [-0.3, -0.25) is 4.79 Å². The van der Waals surface area contributed by atoms with Gasteiger partial charge in [0.1, 0.15) is 11.3 Å². The SMILES string of the molecule is COc1ccccc1C(=O)OCC(=O)NCCc1cccs1. The van der Waals surface area contributed by atoms with Crippen LogP contribution in [0.25, 0.3) is 0 Å². The number of esters is 1. The Labute approximate surface area is 132 Å². The molecule has 0 unspecified atom stereocenters. The molecule has 0 radical (unpaired) electrons. The third-order valence-corrected chi connectivity index (χ3v) is 3.87. The number of benzene rings is 1. The fourth-order valence-corrected chi connectivity index (χ4v) is 2.56. The standard InChI is InChI=1S/C16H17NO4S/c1-20-14-7-3-2-6-13(14)16(19)21-11-15(18)17-9-8-12-5-4-10-22-12/h2-7,10H,8-9,11H2,1H3,(H,17,18). The van der Waals surface area contributed by atoms with Crippen LogP contribution >= 0.6 is 11.3 Å². The van der Waals surface area contributed by atoms with Gasteiger partial charge in [-0.15, -0.1) is 11.3 Å². The second-order valence-electron chi connectivity index (χ2n) is 4.46. The molecule has 2 rings (SSSR count). The minimum atomic E-state index is -0.578. The van der Waals surface area contributed by atoms with Gasteiger partial charge in [0.15, 0.2) is 6.61 Å². The van der Waals surface area contributed by atoms with Crippen LogP contribution in [0.1, 0.15) is 15.2 Å². The van der Waals surface area contributed by atoms with E-state index in [1.54, 1.807) is 35.6 Å². The van der Waals surface area contributed by atoms with Gasteiger partial charge in [0.2, 0.25) is 0 Å². The number of rotatable bonds is 7. The lowest BCUT2D eigenvalue weighted by Crippen LogP contribution is -2.30. The number of hydrogen-bond acceptors (Lipinski definition) is 5. The van der Waals surface area contributed by atoms with Gasteiger partial charge in [0.05, 0.1) is 7.11 Å². The van der Waals surface area contributed by atoms with Gasteiger partial charge < -0.3 is 14.8 Å². The lowest BCUT2D eigenvalue weighted by Gasteiger charge is -2.08. The molecular weight excluding hydrogens is 302 g/mol. The van der Waals surface area contributed by atoms with Crippen LogP contribution in [0.15, 0.2) is 41.8 Å². The maximum absolute atomic E-state index is 11.9. The van der Waals surface area contributed by atoms with E-state index in [9.17, 15) is 9.59 Å². The van der Waals surface area contributed by atoms with Gasteiger partial charge in [-0.05, 0) is 30.0 Å². The lowest BCUT2D eigenvalue weighted by molar-refractivity contribution is -0.124. The number of carbonyl (C=O) groups is 2. The van der Waals surface area contributed by atoms with E-state index in [1.165, 1.54) is 12.0 Å². The fourth-order valence-electron chi connectivity index (χ4n) is 1.85. The van der Waals surface area contributed by atoms with E-state index in [2.05, 4.69) is 5.32 Å². The van der Waals surface area contributed by atoms with Gasteiger partial charge in [-0.1, -0.05) is 18.2 Å². The van der Waals surface area contributed by atoms with Crippen LogP contribution in [-0.2, 0) is 16.0 Å². The number of amides is 1. The minimum Gasteiger partial charge on any atom is -0.496 e. The number of hydrogen-bond donors (Lipinski definition) is 1. The van der Waals surface area contributed by atoms with Crippen molar-refractivity contribution in [2.45, 2.75) is 6.42 Å². The maximum atomic E-state index is 11.9. The molecule has 0 saturated carbocycles. The first kappa shape index (κ1) is 16.0. The molecule has 1 aromatic heterocycles. The molecular formula is C16H17NO4S. The van der Waals surface area contributed by atoms with Crippen LogP contribution in [0.4, 0.5) is 0 Å². The highest BCUT2D eigenvalue weighted by Gasteiger charge is 2.14. The third-order valence-electron chi connectivity index (χ3n) is 2.93. The van der Waals surface area contributed by atoms with Crippen molar-refractivity contribution in [2.24, 2.45) is 0 Å². The van der Waals surface area contributed by atoms with Gasteiger partial charge in [0.25, 0.3) is 5.91 Å². The molecule has 0 bridgehead atoms. The summed E-state index contributed by atoms with van der Waals surface area (Å²) in [5.41, 5.74) is 0.302. The Morgan fingerprint density at radius 2 is 2.00 bits per heavy atom. The molecule has 1 heterocycles. The summed E-state index contributed by atoms with van der Waals surface area (Å²) in [5, 5.41) is 4.71. The molecule has 0 aliphatic rings. The normalized spacial score (nSPS) is 10.0. The molecule has 2 aromatic rings. The lowest BCUT2D eigenvalue weighted by atomic mass is 10.2. The number of nitrogens with one attached hydrogen (secondary N) is 1. The molecule has 0 fully saturated rings. The third kappa shape index (κ3) is 4.60. The molecule has 0 spiro atoms. The summed E-state index contributed by atoms with van der Waals surface area (Å²) in [4.78, 5) is 24.8. The highest BCUT2D eigenvalue weighted by atomic mass is 32.1. The van der Waals surface area contributed by atoms with Crippen molar-refractivity contribution >= 4 is 23.2 Å². The smallest absolute Gasteiger partial charge is 0.342 e. The van der Waals surface area contributed by atoms with Gasteiger partial charge in [0, 0.05) is 11.4 Å². The summed E-state index contributed by atoms with van der Waals surface area (Å²) in [7, 11) is 1.48. The van der Waals surface area contributed by atoms with Crippen molar-refractivity contribution in [2.75, 3.05) is 20.3 Å². The van der Waals surface area contributed by atoms with Gasteiger partial charge in [-0.2, -0.15) is 0 Å². The molecule has 0 saturated heterocycles. The van der Waals surface area contributed by atoms with E-state index in [0.717, 1.165) is 6.42 Å². The second-order valence-corrected chi connectivity index (χ2v) is 5.49. The molecule has 116 valence electrons. The zero-order valence-corrected chi connectivity index (χ0v) is 13.0. The van der Waals surface area contributed by atoms with E-state index in [0.29, 0.717) is 17.9 Å². The first-order valence-electron chi connectivity index (χ1n) is 6.80. The van der Waals surface area contributed by atoms with Crippen LogP contribution < -0.4 is 10.1 Å². The van der Waals surface area contributed by atoms with Crippen molar-refractivity contribution in [3.8, 4) is 5.75 Å². The van der Waals surface area contributed by atoms with Gasteiger partial charge >= 0.3 is 5.97 Å². The molecule has 0 aliphatic heterocycles. The van der Waals surface area contributed by atoms with Crippen LogP contribution in [-0.4, -0.2) is 32.1 Å². The van der Waals surface area contributed by atoms with Crippen molar-refractivity contribution in [3.63, 3.8) is 0 Å². The topological polar surface area (TPSA) is 64.6 Å². The zero-order valence-electron chi connectivity index (χ0n) is 12.2. The fraction of sp³-hybridized carbons (Fsp3) is 0.250. The minimum absolute atomic E-state index is 0.302. The average Bonchev–Trinajstić information content (AvgIpc) is 3.06. The van der Waals surface area contributed by atoms with E-state index in [1.807, 2.05) is 17.5 Å². The summed E-state index contributed by atoms with van der Waals surface area (Å²) in [6.07, 6.45) is 0.768. The summed E-state index contributed by atoms with van der Waals surface area (Å²) in [6.45, 7) is 0.215. The Bertz CT molecular complexity index is 625. The van der Waals surface area contributed by atoms with E-state index < -0.39 is 5.97 Å². The quantitative estimate of drug-likeness (QED) is 0.795. The van der Waals surface area contributed by atoms with Crippen LogP contribution in [0.2, 0.25) is 0 Å². The maximum Gasteiger partial charge on any atom is 0.342 e. The number of methoxy groups -OCH3 is 1. The van der Waals surface area contributed by atoms with E-state index in [4.69, 9.17) is 9.47 Å². The van der Waals surface area contributed by atoms with Crippen LogP contribution in [0.5, 0.6) is 5.75 Å². The first-order valence-corrected chi connectivity index (χ1v) is 7.68. The number of thiophene rings is 1. The summed E-state index contributed by atoms with van der Waals surface area (Å²) < 4.78 is 10.1. The molecule has 1 amide bonds. The molecule has 5 nitrogen and oxygen atoms in total.